The van der Waals surface area contributed by atoms with Crippen LogP contribution in [0.25, 0.3) is 0 Å². The van der Waals surface area contributed by atoms with Crippen molar-refractivity contribution in [3.63, 3.8) is 0 Å². The Hall–Kier alpha value is -2.30. The van der Waals surface area contributed by atoms with Crippen LogP contribution in [0, 0.1) is 0 Å². The third-order valence-electron chi connectivity index (χ3n) is 3.98. The number of hydrogen-bond donors (Lipinski definition) is 1. The topological polar surface area (TPSA) is 56.3 Å². The Morgan fingerprint density at radius 1 is 1.14 bits per heavy atom. The Morgan fingerprint density at radius 2 is 2.00 bits per heavy atom. The Morgan fingerprint density at radius 3 is 2.86 bits per heavy atom. The molecule has 0 radical (unpaired) electrons. The number of aromatic nitrogens is 2. The molecule has 2 heterocycles. The summed E-state index contributed by atoms with van der Waals surface area (Å²) >= 11 is 0. The monoisotopic (exact) mass is 283 g/mol. The van der Waals surface area contributed by atoms with Gasteiger partial charge < -0.3 is 14.8 Å². The van der Waals surface area contributed by atoms with Crippen molar-refractivity contribution >= 4 is 5.82 Å². The summed E-state index contributed by atoms with van der Waals surface area (Å²) in [4.78, 5) is 9.33. The summed E-state index contributed by atoms with van der Waals surface area (Å²) in [5, 5.41) is 3.18. The van der Waals surface area contributed by atoms with Crippen LogP contribution in [-0.4, -0.2) is 23.6 Å². The second-order valence-electron chi connectivity index (χ2n) is 5.32. The van der Waals surface area contributed by atoms with Crippen LogP contribution in [-0.2, 0) is 12.8 Å². The van der Waals surface area contributed by atoms with Crippen LogP contribution < -0.4 is 14.8 Å². The van der Waals surface area contributed by atoms with E-state index in [0.717, 1.165) is 42.3 Å². The van der Waals surface area contributed by atoms with Crippen LogP contribution in [0.1, 0.15) is 29.6 Å². The minimum absolute atomic E-state index is 0.252. The van der Waals surface area contributed by atoms with Crippen molar-refractivity contribution in [3.8, 4) is 11.5 Å². The van der Waals surface area contributed by atoms with Gasteiger partial charge in [-0.15, -0.1) is 0 Å². The molecule has 0 bridgehead atoms. The van der Waals surface area contributed by atoms with Crippen LogP contribution in [0.3, 0.4) is 0 Å². The lowest BCUT2D eigenvalue weighted by Gasteiger charge is -2.26. The van der Waals surface area contributed by atoms with Crippen LogP contribution in [0.4, 0.5) is 5.82 Å². The fourth-order valence-electron chi connectivity index (χ4n) is 2.95. The van der Waals surface area contributed by atoms with Crippen molar-refractivity contribution in [3.05, 3.63) is 41.3 Å². The van der Waals surface area contributed by atoms with Gasteiger partial charge in [-0.1, -0.05) is 12.1 Å². The zero-order valence-corrected chi connectivity index (χ0v) is 11.9. The molecule has 1 unspecified atom stereocenters. The van der Waals surface area contributed by atoms with E-state index in [2.05, 4.69) is 10.3 Å². The summed E-state index contributed by atoms with van der Waals surface area (Å²) in [6, 6.07) is 7.70. The third-order valence-corrected chi connectivity index (χ3v) is 3.98. The number of ether oxygens (including phenoxy) is 2. The highest BCUT2D eigenvalue weighted by Gasteiger charge is 2.27. The summed E-state index contributed by atoms with van der Waals surface area (Å²) in [6.07, 6.45) is 2.96. The number of fused-ring (bicyclic) bond motifs is 2. The van der Waals surface area contributed by atoms with Gasteiger partial charge in [0.2, 0.25) is 0 Å². The minimum atomic E-state index is -0.252. The predicted molar refractivity (Wildman–Crippen MR) is 78.9 cm³/mol. The lowest BCUT2D eigenvalue weighted by atomic mass is 10.2. The SMILES string of the molecule is CNc1nc(C2COc3ccccc3O2)nc2c1CCC2. The molecule has 2 aromatic rings. The molecule has 0 spiro atoms. The van der Waals surface area contributed by atoms with Gasteiger partial charge in [-0.3, -0.25) is 0 Å². The van der Waals surface area contributed by atoms with Crippen molar-refractivity contribution in [2.45, 2.75) is 25.4 Å². The van der Waals surface area contributed by atoms with E-state index in [4.69, 9.17) is 14.5 Å². The first kappa shape index (κ1) is 12.4. The smallest absolute Gasteiger partial charge is 0.192 e. The molecule has 2 aliphatic rings. The summed E-state index contributed by atoms with van der Waals surface area (Å²) < 4.78 is 11.8. The van der Waals surface area contributed by atoms with E-state index in [1.807, 2.05) is 31.3 Å². The van der Waals surface area contributed by atoms with Crippen LogP contribution in [0.2, 0.25) is 0 Å². The first-order valence-corrected chi connectivity index (χ1v) is 7.31. The fourth-order valence-corrected chi connectivity index (χ4v) is 2.95. The van der Waals surface area contributed by atoms with Gasteiger partial charge in [0, 0.05) is 18.3 Å². The van der Waals surface area contributed by atoms with E-state index < -0.39 is 0 Å². The molecule has 0 fully saturated rings. The lowest BCUT2D eigenvalue weighted by molar-refractivity contribution is 0.0850. The van der Waals surface area contributed by atoms with Gasteiger partial charge in [-0.25, -0.2) is 9.97 Å². The quantitative estimate of drug-likeness (QED) is 0.917. The van der Waals surface area contributed by atoms with Crippen LogP contribution in [0.15, 0.2) is 24.3 Å². The molecular weight excluding hydrogens is 266 g/mol. The van der Waals surface area contributed by atoms with Gasteiger partial charge in [0.1, 0.15) is 12.4 Å². The van der Waals surface area contributed by atoms with E-state index in [1.54, 1.807) is 0 Å². The molecule has 5 nitrogen and oxygen atoms in total. The first-order chi connectivity index (χ1) is 10.3. The zero-order valence-electron chi connectivity index (χ0n) is 11.9. The van der Waals surface area contributed by atoms with Crippen molar-refractivity contribution in [1.29, 1.82) is 0 Å². The highest BCUT2D eigenvalue weighted by atomic mass is 16.6. The van der Waals surface area contributed by atoms with Gasteiger partial charge in [0.05, 0.1) is 0 Å². The molecule has 1 atom stereocenters. The largest absolute Gasteiger partial charge is 0.485 e. The van der Waals surface area contributed by atoms with Crippen molar-refractivity contribution in [2.75, 3.05) is 19.0 Å². The van der Waals surface area contributed by atoms with E-state index in [-0.39, 0.29) is 6.10 Å². The number of nitrogens with one attached hydrogen (secondary N) is 1. The Kier molecular flexibility index (Phi) is 2.91. The second kappa shape index (κ2) is 4.91. The normalized spacial score (nSPS) is 19.2. The molecule has 0 amide bonds. The third kappa shape index (κ3) is 2.09. The molecule has 5 heteroatoms. The van der Waals surface area contributed by atoms with Crippen molar-refractivity contribution in [1.82, 2.24) is 9.97 Å². The Bertz CT molecular complexity index is 687. The Balaban J connectivity index is 1.69. The maximum atomic E-state index is 6.00. The molecule has 4 rings (SSSR count). The summed E-state index contributed by atoms with van der Waals surface area (Å²) in [7, 11) is 1.90. The van der Waals surface area contributed by atoms with Crippen molar-refractivity contribution in [2.24, 2.45) is 0 Å². The molecule has 1 aromatic heterocycles. The average molecular weight is 283 g/mol. The molecule has 0 saturated heterocycles. The van der Waals surface area contributed by atoms with E-state index in [9.17, 15) is 0 Å². The van der Waals surface area contributed by atoms with Gasteiger partial charge >= 0.3 is 0 Å². The summed E-state index contributed by atoms with van der Waals surface area (Å²) in [5.41, 5.74) is 2.39. The number of anilines is 1. The number of para-hydroxylation sites is 2. The van der Waals surface area contributed by atoms with E-state index in [0.29, 0.717) is 12.4 Å². The highest BCUT2D eigenvalue weighted by molar-refractivity contribution is 5.49. The maximum Gasteiger partial charge on any atom is 0.192 e. The summed E-state index contributed by atoms with van der Waals surface area (Å²) in [6.45, 7) is 0.443. The van der Waals surface area contributed by atoms with Crippen LogP contribution in [0.5, 0.6) is 11.5 Å². The van der Waals surface area contributed by atoms with Gasteiger partial charge in [0.15, 0.2) is 23.4 Å². The van der Waals surface area contributed by atoms with Gasteiger partial charge in [0.25, 0.3) is 0 Å². The lowest BCUT2D eigenvalue weighted by Crippen LogP contribution is -2.24. The van der Waals surface area contributed by atoms with E-state index in [1.165, 1.54) is 5.56 Å². The average Bonchev–Trinajstić information content (AvgIpc) is 3.02. The minimum Gasteiger partial charge on any atom is -0.485 e. The predicted octanol–water partition coefficient (Wildman–Crippen LogP) is 2.52. The first-order valence-electron chi connectivity index (χ1n) is 7.31. The molecule has 1 aliphatic heterocycles. The maximum absolute atomic E-state index is 6.00. The van der Waals surface area contributed by atoms with Crippen molar-refractivity contribution < 1.29 is 9.47 Å². The molecule has 1 aromatic carbocycles. The number of hydrogen-bond acceptors (Lipinski definition) is 5. The van der Waals surface area contributed by atoms with Gasteiger partial charge in [-0.2, -0.15) is 0 Å². The molecule has 108 valence electrons. The standard InChI is InChI=1S/C16H17N3O2/c1-17-15-10-5-4-6-11(10)18-16(19-15)14-9-20-12-7-2-3-8-13(12)21-14/h2-3,7-8,14H,4-6,9H2,1H3,(H,17,18,19). The van der Waals surface area contributed by atoms with Crippen LogP contribution >= 0.6 is 0 Å². The molecule has 1 aliphatic carbocycles. The number of aryl methyl sites for hydroxylation is 1. The molecule has 0 saturated carbocycles. The fraction of sp³-hybridized carbons (Fsp3) is 0.375. The number of nitrogens with zero attached hydrogens (tertiary/aromatic N) is 2. The number of benzene rings is 1. The number of rotatable bonds is 2. The summed E-state index contributed by atoms with van der Waals surface area (Å²) in [5.74, 6) is 3.16. The molecule has 1 N–H and O–H groups in total. The molecule has 21 heavy (non-hydrogen) atoms. The zero-order chi connectivity index (χ0) is 14.2. The van der Waals surface area contributed by atoms with Gasteiger partial charge in [-0.05, 0) is 31.4 Å². The Labute approximate surface area is 123 Å². The highest BCUT2D eigenvalue weighted by Crippen LogP contribution is 2.36. The van der Waals surface area contributed by atoms with E-state index >= 15 is 0 Å². The second-order valence-corrected chi connectivity index (χ2v) is 5.32. The molecular formula is C16H17N3O2.